The summed E-state index contributed by atoms with van der Waals surface area (Å²) in [5.74, 6) is 1.23. The second-order valence-corrected chi connectivity index (χ2v) is 20.0. The first-order valence-corrected chi connectivity index (χ1v) is 22.1. The third kappa shape index (κ3) is 8.14. The van der Waals surface area contributed by atoms with Crippen molar-refractivity contribution in [3.8, 4) is 11.7 Å². The van der Waals surface area contributed by atoms with Crippen LogP contribution in [0.5, 0.6) is 5.88 Å². The highest BCUT2D eigenvalue weighted by molar-refractivity contribution is 7.90. The van der Waals surface area contributed by atoms with E-state index in [4.69, 9.17) is 21.1 Å². The molecule has 3 saturated carbocycles. The Hall–Kier alpha value is -4.69. The Morgan fingerprint density at radius 2 is 1.67 bits per heavy atom. The number of carbonyl (C=O) groups is 2. The number of rotatable bonds is 14. The summed E-state index contributed by atoms with van der Waals surface area (Å²) < 4.78 is 42.3. The minimum Gasteiger partial charge on any atom is -0.477 e. The van der Waals surface area contributed by atoms with Gasteiger partial charge in [0.25, 0.3) is 15.9 Å². The normalized spacial score (nSPS) is 20.4. The van der Waals surface area contributed by atoms with Crippen molar-refractivity contribution in [1.82, 2.24) is 29.4 Å². The SMILES string of the molecule is CC(C)(C)OC(=O)N1C[C@@H](CCC(Nc2cccc(S(=O)(=O)NC(=O)c3ccc(-n4ccc(OCCC5C6(CC6)C56CC6)n4)nc3Cl)n2)c2ccccc2)CC1(C)C. The average molecular weight is 830 g/mol. The minimum atomic E-state index is -4.41. The molecule has 15 heteroatoms. The molecule has 2 amide bonds. The van der Waals surface area contributed by atoms with Crippen molar-refractivity contribution < 1.29 is 27.5 Å². The van der Waals surface area contributed by atoms with Gasteiger partial charge in [-0.2, -0.15) is 8.42 Å². The highest BCUT2D eigenvalue weighted by Crippen LogP contribution is 2.93. The Labute approximate surface area is 345 Å². The van der Waals surface area contributed by atoms with E-state index in [0.29, 0.717) is 47.9 Å². The zero-order valence-electron chi connectivity index (χ0n) is 33.7. The van der Waals surface area contributed by atoms with E-state index in [0.717, 1.165) is 30.7 Å². The Balaban J connectivity index is 0.886. The van der Waals surface area contributed by atoms with Gasteiger partial charge in [0.15, 0.2) is 10.8 Å². The molecule has 4 heterocycles. The second kappa shape index (κ2) is 14.8. The third-order valence-electron chi connectivity index (χ3n) is 12.5. The van der Waals surface area contributed by atoms with Crippen LogP contribution in [0.4, 0.5) is 10.6 Å². The lowest BCUT2D eigenvalue weighted by Gasteiger charge is -2.33. The number of halogens is 1. The van der Waals surface area contributed by atoms with Crippen molar-refractivity contribution in [2.75, 3.05) is 18.5 Å². The van der Waals surface area contributed by atoms with E-state index < -0.39 is 21.5 Å². The van der Waals surface area contributed by atoms with Gasteiger partial charge >= 0.3 is 6.09 Å². The molecule has 2 spiro atoms. The molecule has 58 heavy (non-hydrogen) atoms. The second-order valence-electron chi connectivity index (χ2n) is 18.1. The number of nitrogens with zero attached hydrogens (tertiary/aromatic N) is 5. The van der Waals surface area contributed by atoms with E-state index in [9.17, 15) is 18.0 Å². The van der Waals surface area contributed by atoms with Crippen LogP contribution in [0.2, 0.25) is 5.15 Å². The van der Waals surface area contributed by atoms with Gasteiger partial charge < -0.3 is 19.7 Å². The van der Waals surface area contributed by atoms with Gasteiger partial charge in [-0.15, -0.1) is 5.10 Å². The molecule has 8 rings (SSSR count). The zero-order valence-corrected chi connectivity index (χ0v) is 35.3. The molecule has 4 fully saturated rings. The smallest absolute Gasteiger partial charge is 0.410 e. The maximum Gasteiger partial charge on any atom is 0.410 e. The number of anilines is 1. The van der Waals surface area contributed by atoms with Gasteiger partial charge in [0.05, 0.1) is 18.2 Å². The Morgan fingerprint density at radius 1 is 0.948 bits per heavy atom. The quantitative estimate of drug-likeness (QED) is 0.118. The minimum absolute atomic E-state index is 0.121. The number of sulfonamides is 1. The van der Waals surface area contributed by atoms with Crippen molar-refractivity contribution in [1.29, 1.82) is 0 Å². The summed E-state index contributed by atoms with van der Waals surface area (Å²) in [7, 11) is -4.41. The van der Waals surface area contributed by atoms with E-state index in [1.54, 1.807) is 24.4 Å². The van der Waals surface area contributed by atoms with Crippen LogP contribution in [0.15, 0.2) is 78.0 Å². The number of ether oxygens (including phenoxy) is 2. The highest BCUT2D eigenvalue weighted by Gasteiger charge is 2.85. The molecule has 2 N–H and O–H groups in total. The van der Waals surface area contributed by atoms with Gasteiger partial charge in [-0.05, 0) is 138 Å². The summed E-state index contributed by atoms with van der Waals surface area (Å²) in [5, 5.41) is 7.37. The molecule has 3 aromatic heterocycles. The number of fused-ring (bicyclic) bond motifs is 1. The Morgan fingerprint density at radius 3 is 2.34 bits per heavy atom. The van der Waals surface area contributed by atoms with Crippen molar-refractivity contribution in [3.63, 3.8) is 0 Å². The molecule has 4 aliphatic rings. The van der Waals surface area contributed by atoms with Gasteiger partial charge in [0.1, 0.15) is 16.6 Å². The summed E-state index contributed by atoms with van der Waals surface area (Å²) in [4.78, 5) is 36.9. The van der Waals surface area contributed by atoms with E-state index in [-0.39, 0.29) is 39.3 Å². The summed E-state index contributed by atoms with van der Waals surface area (Å²) in [6.07, 6.45) is 10.2. The average Bonchev–Trinajstić information content (AvgIpc) is 4.12. The molecular weight excluding hydrogens is 778 g/mol. The Kier molecular flexibility index (Phi) is 10.3. The molecule has 1 unspecified atom stereocenters. The first-order chi connectivity index (χ1) is 27.5. The van der Waals surface area contributed by atoms with Crippen LogP contribution in [0.3, 0.4) is 0 Å². The van der Waals surface area contributed by atoms with Gasteiger partial charge in [-0.3, -0.25) is 4.79 Å². The first kappa shape index (κ1) is 40.1. The molecule has 0 bridgehead atoms. The van der Waals surface area contributed by atoms with Crippen LogP contribution < -0.4 is 14.8 Å². The van der Waals surface area contributed by atoms with Crippen molar-refractivity contribution in [2.45, 2.75) is 108 Å². The van der Waals surface area contributed by atoms with Crippen LogP contribution in [-0.2, 0) is 14.8 Å². The number of likely N-dealkylation sites (tertiary alicyclic amines) is 1. The van der Waals surface area contributed by atoms with Crippen molar-refractivity contribution in [2.24, 2.45) is 22.7 Å². The van der Waals surface area contributed by atoms with Crippen LogP contribution >= 0.6 is 11.6 Å². The van der Waals surface area contributed by atoms with Crippen LogP contribution in [0.25, 0.3) is 5.82 Å². The third-order valence-corrected chi connectivity index (χ3v) is 14.1. The van der Waals surface area contributed by atoms with Crippen molar-refractivity contribution in [3.05, 3.63) is 89.2 Å². The summed E-state index contributed by atoms with van der Waals surface area (Å²) in [6.45, 7) is 10.9. The molecule has 308 valence electrons. The number of hydrogen-bond acceptors (Lipinski definition) is 10. The fourth-order valence-electron chi connectivity index (χ4n) is 9.55. The molecule has 13 nitrogen and oxygen atoms in total. The number of nitrogens with one attached hydrogen (secondary N) is 2. The monoisotopic (exact) mass is 829 g/mol. The maximum absolute atomic E-state index is 13.5. The fraction of sp³-hybridized carbons (Fsp3) is 0.512. The standard InChI is InChI=1S/C43H52ClN7O6S/c1-40(2,3)57-39(53)50-27-28(26-41(50,4)5)14-16-31(29-10-7-6-8-11-29)45-33-12-9-13-36(46-33)58(54,55)49-38(52)30-15-17-34(47-37(30)44)51-24-18-35(48-51)56-25-19-32-42(20-21-42)43(32)22-23-43/h6-13,15,17-18,24,28,31-32H,14,16,19-23,25-27H2,1-5H3,(H,45,46)(H,49,52)/t28-,31?/m0/s1. The van der Waals surface area contributed by atoms with Crippen LogP contribution in [0.1, 0.15) is 108 Å². The molecule has 1 aromatic carbocycles. The number of benzene rings is 1. The van der Waals surface area contributed by atoms with Crippen LogP contribution in [-0.4, -0.2) is 69.4 Å². The number of amides is 2. The molecule has 4 aromatic rings. The largest absolute Gasteiger partial charge is 0.477 e. The molecule has 2 atom stereocenters. The first-order valence-electron chi connectivity index (χ1n) is 20.2. The van der Waals surface area contributed by atoms with E-state index in [1.807, 2.05) is 56.0 Å². The number of aromatic nitrogens is 4. The Bertz CT molecular complexity index is 2280. The highest BCUT2D eigenvalue weighted by atomic mass is 35.5. The number of pyridine rings is 2. The zero-order chi connectivity index (χ0) is 41.1. The molecule has 3 aliphatic carbocycles. The molecular formula is C43H52ClN7O6S. The summed E-state index contributed by atoms with van der Waals surface area (Å²) >= 11 is 6.44. The van der Waals surface area contributed by atoms with E-state index in [2.05, 4.69) is 39.0 Å². The predicted octanol–water partition coefficient (Wildman–Crippen LogP) is 8.36. The van der Waals surface area contributed by atoms with Gasteiger partial charge in [0.2, 0.25) is 5.88 Å². The molecule has 0 radical (unpaired) electrons. The fourth-order valence-corrected chi connectivity index (χ4v) is 10.7. The van der Waals surface area contributed by atoms with Gasteiger partial charge in [-0.25, -0.2) is 24.2 Å². The van der Waals surface area contributed by atoms with E-state index >= 15 is 0 Å². The lowest BCUT2D eigenvalue weighted by Crippen LogP contribution is -2.45. The maximum atomic E-state index is 13.5. The van der Waals surface area contributed by atoms with Crippen molar-refractivity contribution >= 4 is 39.4 Å². The number of carbonyl (C=O) groups excluding carboxylic acids is 2. The van der Waals surface area contributed by atoms with E-state index in [1.165, 1.54) is 48.6 Å². The topological polar surface area (TPSA) is 158 Å². The lowest BCUT2D eigenvalue weighted by atomic mass is 9.90. The van der Waals surface area contributed by atoms with Gasteiger partial charge in [-0.1, -0.05) is 48.0 Å². The van der Waals surface area contributed by atoms with Crippen LogP contribution in [0, 0.1) is 22.7 Å². The van der Waals surface area contributed by atoms with Gasteiger partial charge in [0, 0.05) is 24.3 Å². The molecule has 1 saturated heterocycles. The summed E-state index contributed by atoms with van der Waals surface area (Å²) in [6, 6.07) is 18.9. The number of hydrogen-bond donors (Lipinski definition) is 2. The summed E-state index contributed by atoms with van der Waals surface area (Å²) in [5.41, 5.74) is 1.21. The lowest BCUT2D eigenvalue weighted by molar-refractivity contribution is 0.0130. The predicted molar refractivity (Wildman–Crippen MR) is 219 cm³/mol. The molecule has 1 aliphatic heterocycles.